The monoisotopic (exact) mass is 258 g/mol. The number of likely N-dealkylation sites (tertiary alicyclic amines) is 1. The lowest BCUT2D eigenvalue weighted by Gasteiger charge is -2.33. The van der Waals surface area contributed by atoms with Crippen molar-refractivity contribution in [1.82, 2.24) is 10.2 Å². The molecule has 1 rings (SSSR count). The van der Waals surface area contributed by atoms with Crippen molar-refractivity contribution < 1.29 is 19.8 Å². The van der Waals surface area contributed by atoms with Gasteiger partial charge in [0, 0.05) is 25.7 Å². The Labute approximate surface area is 107 Å². The van der Waals surface area contributed by atoms with Gasteiger partial charge in [-0.05, 0) is 25.2 Å². The van der Waals surface area contributed by atoms with Crippen molar-refractivity contribution in [2.24, 2.45) is 5.92 Å². The molecule has 1 heterocycles. The highest BCUT2D eigenvalue weighted by Gasteiger charge is 2.24. The maximum Gasteiger partial charge on any atom is 0.317 e. The number of hydrogen-bond acceptors (Lipinski definition) is 3. The average molecular weight is 258 g/mol. The number of aliphatic carboxylic acids is 1. The van der Waals surface area contributed by atoms with Crippen LogP contribution in [0.3, 0.4) is 0 Å². The van der Waals surface area contributed by atoms with Crippen molar-refractivity contribution in [3.63, 3.8) is 0 Å². The molecule has 18 heavy (non-hydrogen) atoms. The summed E-state index contributed by atoms with van der Waals surface area (Å²) < 4.78 is 0. The summed E-state index contributed by atoms with van der Waals surface area (Å²) in [5.41, 5.74) is 0. The molecule has 104 valence electrons. The third kappa shape index (κ3) is 4.52. The van der Waals surface area contributed by atoms with Gasteiger partial charge in [-0.2, -0.15) is 0 Å². The largest absolute Gasteiger partial charge is 0.481 e. The third-order valence-electron chi connectivity index (χ3n) is 3.31. The minimum Gasteiger partial charge on any atom is -0.481 e. The molecule has 0 aliphatic carbocycles. The number of aliphatic hydroxyl groups is 1. The SMILES string of the molecule is CCC(CC(=O)O)NC(=O)N1CCCC(CO)C1. The van der Waals surface area contributed by atoms with Crippen LogP contribution >= 0.6 is 0 Å². The number of carboxylic acid groups (broad SMARTS) is 1. The molecule has 0 bridgehead atoms. The summed E-state index contributed by atoms with van der Waals surface area (Å²) in [7, 11) is 0. The molecule has 6 heteroatoms. The second-order valence-corrected chi connectivity index (χ2v) is 4.79. The lowest BCUT2D eigenvalue weighted by molar-refractivity contribution is -0.137. The Kier molecular flexibility index (Phi) is 5.91. The fraction of sp³-hybridized carbons (Fsp3) is 0.833. The highest BCUT2D eigenvalue weighted by molar-refractivity contribution is 5.76. The molecule has 2 atom stereocenters. The number of piperidine rings is 1. The number of urea groups is 1. The minimum absolute atomic E-state index is 0.0560. The third-order valence-corrected chi connectivity index (χ3v) is 3.31. The van der Waals surface area contributed by atoms with E-state index in [0.717, 1.165) is 12.8 Å². The van der Waals surface area contributed by atoms with Crippen LogP contribution in [0.1, 0.15) is 32.6 Å². The molecule has 1 aliphatic heterocycles. The van der Waals surface area contributed by atoms with Gasteiger partial charge in [-0.1, -0.05) is 6.92 Å². The Morgan fingerprint density at radius 3 is 2.78 bits per heavy atom. The lowest BCUT2D eigenvalue weighted by Crippen LogP contribution is -2.49. The van der Waals surface area contributed by atoms with Gasteiger partial charge in [0.25, 0.3) is 0 Å². The van der Waals surface area contributed by atoms with E-state index in [1.165, 1.54) is 0 Å². The number of nitrogens with one attached hydrogen (secondary N) is 1. The zero-order valence-corrected chi connectivity index (χ0v) is 10.8. The van der Waals surface area contributed by atoms with Crippen molar-refractivity contribution in [1.29, 1.82) is 0 Å². The second-order valence-electron chi connectivity index (χ2n) is 4.79. The topological polar surface area (TPSA) is 89.9 Å². The van der Waals surface area contributed by atoms with Gasteiger partial charge < -0.3 is 20.4 Å². The molecule has 0 saturated carbocycles. The predicted octanol–water partition coefficient (Wildman–Crippen LogP) is 0.654. The first-order valence-corrected chi connectivity index (χ1v) is 6.44. The van der Waals surface area contributed by atoms with Crippen LogP contribution in [0.25, 0.3) is 0 Å². The highest BCUT2D eigenvalue weighted by Crippen LogP contribution is 2.16. The standard InChI is InChI=1S/C12H22N2O4/c1-2-10(6-11(16)17)13-12(18)14-5-3-4-9(7-14)8-15/h9-10,15H,2-8H2,1H3,(H,13,18)(H,16,17). The van der Waals surface area contributed by atoms with Gasteiger partial charge in [0.05, 0.1) is 6.42 Å². The number of carbonyl (C=O) groups is 2. The molecule has 1 aliphatic rings. The zero-order valence-electron chi connectivity index (χ0n) is 10.8. The van der Waals surface area contributed by atoms with Gasteiger partial charge in [0.1, 0.15) is 0 Å². The van der Waals surface area contributed by atoms with E-state index in [1.54, 1.807) is 4.90 Å². The normalized spacial score (nSPS) is 21.4. The number of hydrogen-bond donors (Lipinski definition) is 3. The molecular weight excluding hydrogens is 236 g/mol. The molecule has 1 fully saturated rings. The molecule has 0 aromatic heterocycles. The Hall–Kier alpha value is -1.30. The van der Waals surface area contributed by atoms with Crippen molar-refractivity contribution in [2.45, 2.75) is 38.6 Å². The fourth-order valence-electron chi connectivity index (χ4n) is 2.17. The Morgan fingerprint density at radius 1 is 1.50 bits per heavy atom. The maximum absolute atomic E-state index is 12.0. The van der Waals surface area contributed by atoms with Crippen molar-refractivity contribution >= 4 is 12.0 Å². The summed E-state index contributed by atoms with van der Waals surface area (Å²) in [5.74, 6) is -0.766. The fourth-order valence-corrected chi connectivity index (χ4v) is 2.17. The lowest BCUT2D eigenvalue weighted by atomic mass is 9.99. The summed E-state index contributed by atoms with van der Waals surface area (Å²) in [5, 5.41) is 20.6. The van der Waals surface area contributed by atoms with Gasteiger partial charge in [-0.15, -0.1) is 0 Å². The van der Waals surface area contributed by atoms with E-state index in [1.807, 2.05) is 6.92 Å². The summed E-state index contributed by atoms with van der Waals surface area (Å²) in [4.78, 5) is 24.2. The van der Waals surface area contributed by atoms with Crippen molar-refractivity contribution in [3.05, 3.63) is 0 Å². The molecule has 1 saturated heterocycles. The second kappa shape index (κ2) is 7.20. The summed E-state index contributed by atoms with van der Waals surface area (Å²) >= 11 is 0. The first-order valence-electron chi connectivity index (χ1n) is 6.44. The zero-order chi connectivity index (χ0) is 13.5. The van der Waals surface area contributed by atoms with Crippen LogP contribution in [0, 0.1) is 5.92 Å². The summed E-state index contributed by atoms with van der Waals surface area (Å²) in [6.45, 7) is 3.16. The Bertz CT molecular complexity index is 296. The molecule has 0 aromatic carbocycles. The maximum atomic E-state index is 12.0. The van der Waals surface area contributed by atoms with E-state index in [0.29, 0.717) is 19.5 Å². The average Bonchev–Trinajstić information content (AvgIpc) is 2.37. The molecule has 0 radical (unpaired) electrons. The molecule has 2 unspecified atom stereocenters. The summed E-state index contributed by atoms with van der Waals surface area (Å²) in [6, 6.07) is -0.550. The van der Waals surface area contributed by atoms with Crippen LogP contribution in [0.4, 0.5) is 4.79 Å². The van der Waals surface area contributed by atoms with Gasteiger partial charge in [0.15, 0.2) is 0 Å². The van der Waals surface area contributed by atoms with E-state index in [4.69, 9.17) is 10.2 Å². The van der Waals surface area contributed by atoms with E-state index in [2.05, 4.69) is 5.32 Å². The first-order chi connectivity index (χ1) is 8.56. The number of nitrogens with zero attached hydrogens (tertiary/aromatic N) is 1. The summed E-state index contributed by atoms with van der Waals surface area (Å²) in [6.07, 6.45) is 2.36. The van der Waals surface area contributed by atoms with Crippen molar-refractivity contribution in [2.75, 3.05) is 19.7 Å². The van der Waals surface area contributed by atoms with Gasteiger partial charge >= 0.3 is 12.0 Å². The van der Waals surface area contributed by atoms with Crippen LogP contribution in [-0.4, -0.2) is 52.9 Å². The van der Waals surface area contributed by atoms with Crippen LogP contribution < -0.4 is 5.32 Å². The van der Waals surface area contributed by atoms with Gasteiger partial charge in [-0.25, -0.2) is 4.79 Å². The van der Waals surface area contributed by atoms with Crippen LogP contribution in [0.2, 0.25) is 0 Å². The van der Waals surface area contributed by atoms with E-state index in [-0.39, 0.29) is 31.0 Å². The molecule has 0 spiro atoms. The van der Waals surface area contributed by atoms with E-state index >= 15 is 0 Å². The van der Waals surface area contributed by atoms with E-state index in [9.17, 15) is 9.59 Å². The van der Waals surface area contributed by atoms with E-state index < -0.39 is 5.97 Å². The number of aliphatic hydroxyl groups excluding tert-OH is 1. The van der Waals surface area contributed by atoms with Crippen molar-refractivity contribution in [3.8, 4) is 0 Å². The number of carbonyl (C=O) groups excluding carboxylic acids is 1. The van der Waals surface area contributed by atoms with Crippen LogP contribution in [0.15, 0.2) is 0 Å². The van der Waals surface area contributed by atoms with Gasteiger partial charge in [-0.3, -0.25) is 4.79 Å². The Morgan fingerprint density at radius 2 is 2.22 bits per heavy atom. The van der Waals surface area contributed by atoms with Gasteiger partial charge in [0.2, 0.25) is 0 Å². The smallest absolute Gasteiger partial charge is 0.317 e. The molecule has 3 N–H and O–H groups in total. The molecule has 2 amide bonds. The molecule has 0 aromatic rings. The Balaban J connectivity index is 2.45. The van der Waals surface area contributed by atoms with Crippen LogP contribution in [-0.2, 0) is 4.79 Å². The first kappa shape index (κ1) is 14.8. The predicted molar refractivity (Wildman–Crippen MR) is 66.2 cm³/mol. The quantitative estimate of drug-likeness (QED) is 0.675. The molecule has 6 nitrogen and oxygen atoms in total. The molecular formula is C12H22N2O4. The number of carboxylic acids is 1. The number of rotatable bonds is 5. The minimum atomic E-state index is -0.908. The highest BCUT2D eigenvalue weighted by atomic mass is 16.4. The number of amides is 2. The van der Waals surface area contributed by atoms with Crippen LogP contribution in [0.5, 0.6) is 0 Å².